The minimum Gasteiger partial charge on any atom is -0.460 e. The van der Waals surface area contributed by atoms with Gasteiger partial charge in [-0.1, -0.05) is 84.4 Å². The van der Waals surface area contributed by atoms with E-state index < -0.39 is 10.8 Å². The number of amides is 1. The van der Waals surface area contributed by atoms with E-state index in [1.165, 1.54) is 5.57 Å². The van der Waals surface area contributed by atoms with Gasteiger partial charge in [-0.15, -0.1) is 0 Å². The van der Waals surface area contributed by atoms with E-state index in [9.17, 15) is 14.4 Å². The van der Waals surface area contributed by atoms with Gasteiger partial charge < -0.3 is 29.0 Å². The zero-order valence-electron chi connectivity index (χ0n) is 36.9. The number of benzene rings is 1. The third kappa shape index (κ3) is 7.72. The van der Waals surface area contributed by atoms with E-state index in [1.54, 1.807) is 7.11 Å². The zero-order valence-corrected chi connectivity index (χ0v) is 36.9. The van der Waals surface area contributed by atoms with Crippen molar-refractivity contribution in [2.75, 3.05) is 53.3 Å². The summed E-state index contributed by atoms with van der Waals surface area (Å²) in [7, 11) is 1.62. The number of carbonyl (C=O) groups excluding carboxylic acids is 4. The van der Waals surface area contributed by atoms with E-state index in [4.69, 9.17) is 23.7 Å². The summed E-state index contributed by atoms with van der Waals surface area (Å²) in [5, 5.41) is 2.77. The van der Waals surface area contributed by atoms with Gasteiger partial charge >= 0.3 is 11.9 Å². The fraction of sp³-hybridized carbons (Fsp3) is 0.750. The summed E-state index contributed by atoms with van der Waals surface area (Å²) in [6, 6.07) is 9.85. The molecule has 1 aromatic rings. The van der Waals surface area contributed by atoms with Crippen LogP contribution in [0.15, 0.2) is 42.0 Å². The van der Waals surface area contributed by atoms with Crippen LogP contribution in [0.1, 0.15) is 119 Å². The molecule has 0 heterocycles. The summed E-state index contributed by atoms with van der Waals surface area (Å²) in [6.45, 7) is 20.8. The second kappa shape index (κ2) is 16.8. The lowest BCUT2D eigenvalue weighted by Gasteiger charge is -2.72. The van der Waals surface area contributed by atoms with Crippen molar-refractivity contribution in [1.29, 1.82) is 0 Å². The lowest BCUT2D eigenvalue weighted by molar-refractivity contribution is -0.205. The molecule has 4 fully saturated rings. The smallest absolute Gasteiger partial charge is 0.312 e. The summed E-state index contributed by atoms with van der Waals surface area (Å²) < 4.78 is 27.5. The van der Waals surface area contributed by atoms with Crippen LogP contribution in [0.3, 0.4) is 0 Å². The van der Waals surface area contributed by atoms with Gasteiger partial charge in [0.1, 0.15) is 6.61 Å². The van der Waals surface area contributed by atoms with Crippen LogP contribution in [0, 0.1) is 55.7 Å². The van der Waals surface area contributed by atoms with Gasteiger partial charge in [-0.25, -0.2) is 0 Å². The zero-order chi connectivity index (χ0) is 42.2. The minimum atomic E-state index is -0.654. The highest BCUT2D eigenvalue weighted by Crippen LogP contribution is 2.78. The maximum absolute atomic E-state index is 15.0. The second-order valence-electron chi connectivity index (χ2n) is 20.5. The monoisotopic (exact) mass is 806 g/mol. The number of ketones is 1. The molecule has 322 valence electrons. The first-order valence-corrected chi connectivity index (χ1v) is 21.9. The number of esters is 2. The highest BCUT2D eigenvalue weighted by molar-refractivity contribution is 5.96. The molecule has 0 spiro atoms. The predicted molar refractivity (Wildman–Crippen MR) is 221 cm³/mol. The van der Waals surface area contributed by atoms with Crippen molar-refractivity contribution in [1.82, 2.24) is 5.32 Å². The van der Waals surface area contributed by atoms with E-state index in [-0.39, 0.29) is 81.7 Å². The fourth-order valence-corrected chi connectivity index (χ4v) is 13.3. The third-order valence-electron chi connectivity index (χ3n) is 17.0. The largest absolute Gasteiger partial charge is 0.460 e. The number of allylic oxidation sites excluding steroid dienone is 2. The topological polar surface area (TPSA) is 126 Å². The molecule has 1 N–H and O–H groups in total. The standard InChI is InChI=1S/C48H71NO9/c1-42(2)34(40(52)57-31-38(51)49-23-24-55-27-28-56-26-25-54-9)15-17-45(5)36(42)16-18-47(7)39(45)35(50)29-37-46(47,6)22-21-44(4)20-19-43(3,32-48(37,44)8)41(53)58-30-33-13-11-10-12-14-33/h10-14,29,34,36,39H,15-28,30-32H2,1-9H3,(H,49,51)/t34-,36+,39-,43+,44-,45+,46-,47-,48+/m1/s1. The first-order valence-electron chi connectivity index (χ1n) is 21.9. The van der Waals surface area contributed by atoms with Crippen LogP contribution >= 0.6 is 0 Å². The Balaban J connectivity index is 1.14. The van der Waals surface area contributed by atoms with Gasteiger partial charge in [0.25, 0.3) is 5.91 Å². The van der Waals surface area contributed by atoms with Crippen molar-refractivity contribution >= 4 is 23.6 Å². The molecule has 9 atom stereocenters. The molecule has 58 heavy (non-hydrogen) atoms. The highest BCUT2D eigenvalue weighted by Gasteiger charge is 2.72. The van der Waals surface area contributed by atoms with E-state index in [0.29, 0.717) is 52.4 Å². The van der Waals surface area contributed by atoms with E-state index in [0.717, 1.165) is 50.5 Å². The summed E-state index contributed by atoms with van der Waals surface area (Å²) >= 11 is 0. The van der Waals surface area contributed by atoms with Gasteiger partial charge in [-0.2, -0.15) is 0 Å². The van der Waals surface area contributed by atoms with Crippen molar-refractivity contribution in [3.05, 3.63) is 47.5 Å². The summed E-state index contributed by atoms with van der Waals surface area (Å²) in [6.07, 6.45) is 9.59. The highest BCUT2D eigenvalue weighted by atomic mass is 16.5. The molecule has 1 aromatic carbocycles. The SMILES string of the molecule is COCCOCCOCCNC(=O)COC(=O)[C@H]1CC[C@]2(C)[C@H]3C(=O)C=C4[C@]5(C)C[C@@](C)(C(=O)OCc6ccccc6)CC[C@]5(C)CC[C@@]4(C)[C@]3(C)CC[C@H]2C1(C)C. The number of methoxy groups -OCH3 is 1. The van der Waals surface area contributed by atoms with E-state index in [1.807, 2.05) is 36.4 Å². The van der Waals surface area contributed by atoms with E-state index >= 15 is 4.79 Å². The van der Waals surface area contributed by atoms with Crippen LogP contribution < -0.4 is 5.32 Å². The molecule has 0 unspecified atom stereocenters. The molecule has 0 aromatic heterocycles. The lowest BCUT2D eigenvalue weighted by Crippen LogP contribution is -2.68. The number of rotatable bonds is 15. The number of ether oxygens (including phenoxy) is 5. The predicted octanol–water partition coefficient (Wildman–Crippen LogP) is 8.06. The van der Waals surface area contributed by atoms with Gasteiger partial charge in [0.15, 0.2) is 12.4 Å². The molecule has 4 saturated carbocycles. The van der Waals surface area contributed by atoms with Crippen molar-refractivity contribution in [2.24, 2.45) is 55.7 Å². The lowest BCUT2D eigenvalue weighted by atomic mass is 9.31. The summed E-state index contributed by atoms with van der Waals surface area (Å²) in [4.78, 5) is 55.3. The Kier molecular flexibility index (Phi) is 12.9. The van der Waals surface area contributed by atoms with Gasteiger partial charge in [-0.05, 0) is 115 Å². The van der Waals surface area contributed by atoms with Crippen LogP contribution in [-0.2, 0) is 49.5 Å². The van der Waals surface area contributed by atoms with Crippen LogP contribution in [0.4, 0.5) is 0 Å². The first kappa shape index (κ1) is 44.5. The fourth-order valence-electron chi connectivity index (χ4n) is 13.3. The van der Waals surface area contributed by atoms with Crippen molar-refractivity contribution < 1.29 is 42.9 Å². The van der Waals surface area contributed by atoms with Crippen LogP contribution in [0.5, 0.6) is 0 Å². The molecule has 1 amide bonds. The molecule has 10 nitrogen and oxygen atoms in total. The Hall–Kier alpha value is -3.08. The third-order valence-corrected chi connectivity index (χ3v) is 17.0. The molecule has 5 aliphatic rings. The van der Waals surface area contributed by atoms with Crippen molar-refractivity contribution in [3.8, 4) is 0 Å². The molecule has 5 aliphatic carbocycles. The van der Waals surface area contributed by atoms with Crippen molar-refractivity contribution in [3.63, 3.8) is 0 Å². The maximum atomic E-state index is 15.0. The molecular formula is C48H71NO9. The normalized spacial score (nSPS) is 37.6. The van der Waals surface area contributed by atoms with Crippen LogP contribution in [0.2, 0.25) is 0 Å². The summed E-state index contributed by atoms with van der Waals surface area (Å²) in [5.74, 6) is -1.07. The average molecular weight is 806 g/mol. The average Bonchev–Trinajstić information content (AvgIpc) is 3.17. The molecule has 6 rings (SSSR count). The maximum Gasteiger partial charge on any atom is 0.312 e. The first-order chi connectivity index (χ1) is 27.3. The number of hydrogen-bond donors (Lipinski definition) is 1. The number of nitrogens with one attached hydrogen (secondary N) is 1. The Morgan fingerprint density at radius 3 is 2.14 bits per heavy atom. The number of carbonyl (C=O) groups is 4. The second-order valence-corrected chi connectivity index (χ2v) is 20.5. The Labute approximate surface area is 347 Å². The van der Waals surface area contributed by atoms with Crippen LogP contribution in [0.25, 0.3) is 0 Å². The molecule has 0 saturated heterocycles. The molecular weight excluding hydrogens is 735 g/mol. The van der Waals surface area contributed by atoms with Crippen LogP contribution in [-0.4, -0.2) is 76.9 Å². The minimum absolute atomic E-state index is 0.0350. The molecule has 0 radical (unpaired) electrons. The van der Waals surface area contributed by atoms with Gasteiger partial charge in [-0.3, -0.25) is 19.2 Å². The quantitative estimate of drug-likeness (QED) is 0.138. The van der Waals surface area contributed by atoms with Crippen molar-refractivity contribution in [2.45, 2.75) is 120 Å². The number of hydrogen-bond acceptors (Lipinski definition) is 9. The Morgan fingerprint density at radius 1 is 0.759 bits per heavy atom. The van der Waals surface area contributed by atoms with Gasteiger partial charge in [0.05, 0.1) is 44.4 Å². The Bertz CT molecular complexity index is 1730. The molecule has 10 heteroatoms. The van der Waals surface area contributed by atoms with Gasteiger partial charge in [0, 0.05) is 19.6 Å². The van der Waals surface area contributed by atoms with Gasteiger partial charge in [0.2, 0.25) is 0 Å². The Morgan fingerprint density at radius 2 is 1.43 bits per heavy atom. The molecule has 0 bridgehead atoms. The number of fused-ring (bicyclic) bond motifs is 7. The van der Waals surface area contributed by atoms with E-state index in [2.05, 4.69) is 60.7 Å². The summed E-state index contributed by atoms with van der Waals surface area (Å²) in [5.41, 5.74) is -0.0739. The molecule has 0 aliphatic heterocycles.